The number of alkyl halides is 7. The molecule has 34 heavy (non-hydrogen) atoms. The van der Waals surface area contributed by atoms with Gasteiger partial charge in [0.15, 0.2) is 0 Å². The van der Waals surface area contributed by atoms with Crippen LogP contribution in [0.15, 0.2) is 24.3 Å². The molecule has 194 valence electrons. The van der Waals surface area contributed by atoms with Crippen LogP contribution >= 0.6 is 0 Å². The van der Waals surface area contributed by atoms with Crippen LogP contribution in [0.1, 0.15) is 83.1 Å². The van der Waals surface area contributed by atoms with Gasteiger partial charge in [-0.15, -0.1) is 0 Å². The molecule has 9 heteroatoms. The number of rotatable bonds is 12. The number of aryl methyl sites for hydroxylation is 1. The van der Waals surface area contributed by atoms with Gasteiger partial charge in [0.25, 0.3) is 0 Å². The lowest BCUT2D eigenvalue weighted by Gasteiger charge is -2.28. The second-order valence-electron chi connectivity index (χ2n) is 9.26. The molecular formula is C25H33F7O2. The molecule has 0 atom stereocenters. The van der Waals surface area contributed by atoms with Crippen molar-refractivity contribution in [1.82, 2.24) is 0 Å². The molecule has 0 heterocycles. The molecule has 0 unspecified atom stereocenters. The zero-order valence-electron chi connectivity index (χ0n) is 19.4. The van der Waals surface area contributed by atoms with Crippen LogP contribution in [0.3, 0.4) is 0 Å². The summed E-state index contributed by atoms with van der Waals surface area (Å²) in [6.07, 6.45) is 2.15. The highest BCUT2D eigenvalue weighted by molar-refractivity contribution is 5.75. The summed E-state index contributed by atoms with van der Waals surface area (Å²) in [6, 6.07) is 5.21. The van der Waals surface area contributed by atoms with Crippen LogP contribution in [-0.2, 0) is 11.2 Å². The summed E-state index contributed by atoms with van der Waals surface area (Å²) >= 11 is 0. The largest absolute Gasteiger partial charge is 0.459 e. The molecule has 0 bridgehead atoms. The molecule has 1 saturated carbocycles. The topological polar surface area (TPSA) is 26.3 Å². The molecule has 0 N–H and O–H groups in total. The highest BCUT2D eigenvalue weighted by atomic mass is 19.4. The van der Waals surface area contributed by atoms with Gasteiger partial charge < -0.3 is 4.74 Å². The predicted molar refractivity (Wildman–Crippen MR) is 115 cm³/mol. The van der Waals surface area contributed by atoms with Crippen molar-refractivity contribution in [3.05, 3.63) is 29.8 Å². The van der Waals surface area contributed by atoms with Gasteiger partial charge >= 0.3 is 24.0 Å². The number of hydrogen-bond acceptors (Lipinski definition) is 2. The minimum Gasteiger partial charge on any atom is -0.426 e. The summed E-state index contributed by atoms with van der Waals surface area (Å²) in [7, 11) is 0. The van der Waals surface area contributed by atoms with Crippen LogP contribution in [0.4, 0.5) is 30.7 Å². The third-order valence-corrected chi connectivity index (χ3v) is 6.58. The Kier molecular flexibility index (Phi) is 10.2. The van der Waals surface area contributed by atoms with Gasteiger partial charge in [-0.3, -0.25) is 4.79 Å². The Hall–Kier alpha value is -1.80. The second kappa shape index (κ2) is 12.2. The summed E-state index contributed by atoms with van der Waals surface area (Å²) in [4.78, 5) is 12.4. The first-order chi connectivity index (χ1) is 15.9. The maximum Gasteiger partial charge on any atom is 0.459 e. The average molecular weight is 499 g/mol. The van der Waals surface area contributed by atoms with E-state index in [0.29, 0.717) is 5.92 Å². The van der Waals surface area contributed by atoms with Gasteiger partial charge in [0, 0.05) is 6.42 Å². The van der Waals surface area contributed by atoms with Gasteiger partial charge in [-0.1, -0.05) is 57.6 Å². The summed E-state index contributed by atoms with van der Waals surface area (Å²) in [5.74, 6) is -11.1. The molecule has 0 amide bonds. The second-order valence-corrected chi connectivity index (χ2v) is 9.26. The number of halogens is 7. The standard InChI is InChI=1S/C25H33F7O2/c1-2-3-4-5-6-7-18-8-12-20(13-9-18)22(33)34-21-14-10-19(11-15-21)16-17-23(26,27)24(28,29)25(30,31)32/h10-11,14-15,18,20H,2-9,12-13,16-17H2,1H3. The monoisotopic (exact) mass is 498 g/mol. The van der Waals surface area contributed by atoms with E-state index in [-0.39, 0.29) is 23.2 Å². The van der Waals surface area contributed by atoms with Gasteiger partial charge in [0.2, 0.25) is 0 Å². The lowest BCUT2D eigenvalue weighted by Crippen LogP contribution is -2.52. The minimum atomic E-state index is -6.33. The van der Waals surface area contributed by atoms with Crippen LogP contribution in [-0.4, -0.2) is 24.0 Å². The van der Waals surface area contributed by atoms with E-state index < -0.39 is 30.9 Å². The van der Waals surface area contributed by atoms with E-state index >= 15 is 0 Å². The van der Waals surface area contributed by atoms with E-state index in [0.717, 1.165) is 25.7 Å². The van der Waals surface area contributed by atoms with Crippen molar-refractivity contribution in [2.45, 2.75) is 102 Å². The first kappa shape index (κ1) is 28.4. The molecule has 2 nitrogen and oxygen atoms in total. The van der Waals surface area contributed by atoms with E-state index in [4.69, 9.17) is 4.74 Å². The molecule has 1 aliphatic carbocycles. The van der Waals surface area contributed by atoms with E-state index in [1.165, 1.54) is 62.8 Å². The number of esters is 1. The van der Waals surface area contributed by atoms with Crippen LogP contribution < -0.4 is 4.74 Å². The van der Waals surface area contributed by atoms with Crippen molar-refractivity contribution in [1.29, 1.82) is 0 Å². The quantitative estimate of drug-likeness (QED) is 0.125. The lowest BCUT2D eigenvalue weighted by molar-refractivity contribution is -0.355. The fourth-order valence-electron chi connectivity index (χ4n) is 4.31. The molecule has 2 rings (SSSR count). The fourth-order valence-corrected chi connectivity index (χ4v) is 4.31. The normalized spacial score (nSPS) is 19.8. The molecular weight excluding hydrogens is 465 g/mol. The van der Waals surface area contributed by atoms with Gasteiger partial charge in [-0.05, 0) is 55.7 Å². The van der Waals surface area contributed by atoms with E-state index in [1.807, 2.05) is 0 Å². The fraction of sp³-hybridized carbons (Fsp3) is 0.720. The maximum atomic E-state index is 13.4. The number of carbonyl (C=O) groups excluding carboxylic acids is 1. The molecule has 1 aliphatic rings. The highest BCUT2D eigenvalue weighted by Gasteiger charge is 2.72. The number of unbranched alkanes of at least 4 members (excludes halogenated alkanes) is 4. The Morgan fingerprint density at radius 2 is 1.47 bits per heavy atom. The van der Waals surface area contributed by atoms with Crippen LogP contribution in [0.25, 0.3) is 0 Å². The van der Waals surface area contributed by atoms with Crippen molar-refractivity contribution < 1.29 is 40.3 Å². The Balaban J connectivity index is 1.77. The Morgan fingerprint density at radius 3 is 2.03 bits per heavy atom. The van der Waals surface area contributed by atoms with Crippen molar-refractivity contribution in [3.8, 4) is 5.75 Å². The van der Waals surface area contributed by atoms with Gasteiger partial charge in [-0.25, -0.2) is 0 Å². The molecule has 0 aliphatic heterocycles. The summed E-state index contributed by atoms with van der Waals surface area (Å²) in [5, 5.41) is 0. The molecule has 1 aromatic carbocycles. The first-order valence-corrected chi connectivity index (χ1v) is 12.0. The van der Waals surface area contributed by atoms with Crippen LogP contribution in [0.2, 0.25) is 0 Å². The van der Waals surface area contributed by atoms with E-state index in [1.54, 1.807) is 0 Å². The predicted octanol–water partition coefficient (Wildman–Crippen LogP) is 8.52. The summed E-state index contributed by atoms with van der Waals surface area (Å²) in [6.45, 7) is 2.18. The number of benzene rings is 1. The van der Waals surface area contributed by atoms with Crippen molar-refractivity contribution in [2.24, 2.45) is 11.8 Å². The molecule has 1 fully saturated rings. The number of ether oxygens (including phenoxy) is 1. The summed E-state index contributed by atoms with van der Waals surface area (Å²) in [5.41, 5.74) is 0.136. The molecule has 0 radical (unpaired) electrons. The third kappa shape index (κ3) is 7.87. The Bertz CT molecular complexity index is 752. The zero-order chi connectivity index (χ0) is 25.4. The van der Waals surface area contributed by atoms with Crippen molar-refractivity contribution >= 4 is 5.97 Å². The molecule has 0 aromatic heterocycles. The highest BCUT2D eigenvalue weighted by Crippen LogP contribution is 2.48. The SMILES string of the molecule is CCCCCCCC1CCC(C(=O)Oc2ccc(CCC(F)(F)C(F)(F)C(F)(F)F)cc2)CC1. The number of carbonyl (C=O) groups is 1. The molecule has 0 saturated heterocycles. The van der Waals surface area contributed by atoms with Crippen molar-refractivity contribution in [3.63, 3.8) is 0 Å². The lowest BCUT2D eigenvalue weighted by atomic mass is 9.80. The van der Waals surface area contributed by atoms with Gasteiger partial charge in [0.05, 0.1) is 5.92 Å². The number of hydrogen-bond donors (Lipinski definition) is 0. The van der Waals surface area contributed by atoms with Crippen LogP contribution in [0, 0.1) is 11.8 Å². The van der Waals surface area contributed by atoms with Gasteiger partial charge in [0.1, 0.15) is 5.75 Å². The molecule has 0 spiro atoms. The zero-order valence-corrected chi connectivity index (χ0v) is 19.4. The maximum absolute atomic E-state index is 13.4. The first-order valence-electron chi connectivity index (χ1n) is 12.0. The smallest absolute Gasteiger partial charge is 0.426 e. The minimum absolute atomic E-state index is 0.136. The Morgan fingerprint density at radius 1 is 0.882 bits per heavy atom. The summed E-state index contributed by atoms with van der Waals surface area (Å²) < 4.78 is 94.9. The van der Waals surface area contributed by atoms with Crippen LogP contribution in [0.5, 0.6) is 5.75 Å². The van der Waals surface area contributed by atoms with E-state index in [2.05, 4.69) is 6.92 Å². The van der Waals surface area contributed by atoms with Gasteiger partial charge in [-0.2, -0.15) is 30.7 Å². The third-order valence-electron chi connectivity index (χ3n) is 6.58. The van der Waals surface area contributed by atoms with E-state index in [9.17, 15) is 35.5 Å². The van der Waals surface area contributed by atoms with Crippen molar-refractivity contribution in [2.75, 3.05) is 0 Å². The molecule has 1 aromatic rings. The average Bonchev–Trinajstić information content (AvgIpc) is 2.78. The Labute approximate surface area is 196 Å².